The Hall–Kier alpha value is -2.97. The normalized spacial score (nSPS) is 14.9. The van der Waals surface area contributed by atoms with Gasteiger partial charge in [0.2, 0.25) is 23.6 Å². The van der Waals surface area contributed by atoms with Gasteiger partial charge in [-0.1, -0.05) is 148 Å². The zero-order chi connectivity index (χ0) is 42.2. The third-order valence-corrected chi connectivity index (χ3v) is 11.2. The Kier molecular flexibility index (Phi) is 36.1. The molecule has 4 amide bonds. The summed E-state index contributed by atoms with van der Waals surface area (Å²) in [5.41, 5.74) is 0. The van der Waals surface area contributed by atoms with Crippen LogP contribution in [0.5, 0.6) is 0 Å². The Morgan fingerprint density at radius 3 is 1.57 bits per heavy atom. The van der Waals surface area contributed by atoms with Crippen molar-refractivity contribution in [2.45, 2.75) is 232 Å². The van der Waals surface area contributed by atoms with Crippen molar-refractivity contribution in [1.82, 2.24) is 20.9 Å². The van der Waals surface area contributed by atoms with E-state index in [0.29, 0.717) is 32.4 Å². The molecule has 9 nitrogen and oxygen atoms in total. The molecule has 1 saturated heterocycles. The molecule has 0 bridgehead atoms. The zero-order valence-electron chi connectivity index (χ0n) is 37.8. The van der Waals surface area contributed by atoms with E-state index in [-0.39, 0.29) is 36.2 Å². The van der Waals surface area contributed by atoms with Crippen LogP contribution in [0.4, 0.5) is 0 Å². The van der Waals surface area contributed by atoms with Crippen LogP contribution in [0.2, 0.25) is 0 Å². The highest BCUT2D eigenvalue weighted by Crippen LogP contribution is 2.17. The summed E-state index contributed by atoms with van der Waals surface area (Å²) in [5, 5.41) is 8.69. The predicted octanol–water partition coefficient (Wildman–Crippen LogP) is 11.3. The lowest BCUT2D eigenvalue weighted by molar-refractivity contribution is -0.130. The van der Waals surface area contributed by atoms with E-state index in [9.17, 15) is 19.2 Å². The van der Waals surface area contributed by atoms with Gasteiger partial charge in [-0.25, -0.2) is 0 Å². The van der Waals surface area contributed by atoms with Crippen LogP contribution >= 0.6 is 0 Å². The van der Waals surface area contributed by atoms with E-state index in [2.05, 4.69) is 59.1 Å². The lowest BCUT2D eigenvalue weighted by atomic mass is 10.1. The van der Waals surface area contributed by atoms with Crippen LogP contribution < -0.4 is 16.0 Å². The number of allylic oxidation sites excluding steroid dienone is 4. The predicted molar refractivity (Wildman–Crippen MR) is 245 cm³/mol. The Morgan fingerprint density at radius 1 is 0.603 bits per heavy atom. The van der Waals surface area contributed by atoms with Crippen LogP contribution in [-0.2, 0) is 19.2 Å². The minimum Gasteiger partial charge on any atom is -0.353 e. The molecule has 0 aliphatic carbocycles. The molecule has 0 radical (unpaired) electrons. The molecule has 58 heavy (non-hydrogen) atoms. The van der Waals surface area contributed by atoms with E-state index >= 15 is 0 Å². The molecule has 9 heteroatoms. The average molecular weight is 812 g/mol. The quantitative estimate of drug-likeness (QED) is 0.0325. The van der Waals surface area contributed by atoms with Crippen molar-refractivity contribution in [2.24, 2.45) is 4.99 Å². The number of carbonyl (C=O) groups is 4. The number of rotatable bonds is 39. The lowest BCUT2D eigenvalue weighted by Crippen LogP contribution is -2.53. The summed E-state index contributed by atoms with van der Waals surface area (Å²) in [6.07, 6.45) is 45.6. The maximum Gasteiger partial charge on any atom is 0.244 e. The SMILES string of the molecule is CCCCCCCCC=CCCCCCCCC(=O)NCC(NC(=O)CCCCCCCC=CCCCCCCCC)C(=O)NCCN=CC1CCCN1C(=O)CC. The van der Waals surface area contributed by atoms with Crippen LogP contribution in [0.3, 0.4) is 0 Å². The fourth-order valence-electron chi connectivity index (χ4n) is 7.52. The highest BCUT2D eigenvalue weighted by molar-refractivity contribution is 5.88. The molecule has 1 aliphatic rings. The number of hydrogen-bond acceptors (Lipinski definition) is 5. The third kappa shape index (κ3) is 31.0. The smallest absolute Gasteiger partial charge is 0.244 e. The van der Waals surface area contributed by atoms with Crippen molar-refractivity contribution in [3.8, 4) is 0 Å². The molecule has 0 spiro atoms. The molecule has 1 heterocycles. The topological polar surface area (TPSA) is 120 Å². The van der Waals surface area contributed by atoms with Crippen LogP contribution in [0.25, 0.3) is 0 Å². The number of hydrogen-bond donors (Lipinski definition) is 3. The first kappa shape index (κ1) is 53.0. The molecular formula is C49H89N5O4. The van der Waals surface area contributed by atoms with Crippen LogP contribution in [0.15, 0.2) is 29.3 Å². The minimum absolute atomic E-state index is 0.0173. The largest absolute Gasteiger partial charge is 0.353 e. The molecule has 2 atom stereocenters. The van der Waals surface area contributed by atoms with Crippen molar-refractivity contribution in [3.63, 3.8) is 0 Å². The van der Waals surface area contributed by atoms with Gasteiger partial charge in [-0.2, -0.15) is 0 Å². The van der Waals surface area contributed by atoms with E-state index in [1.54, 1.807) is 0 Å². The van der Waals surface area contributed by atoms with Gasteiger partial charge in [-0.05, 0) is 77.0 Å². The summed E-state index contributed by atoms with van der Waals surface area (Å²) in [6.45, 7) is 7.91. The van der Waals surface area contributed by atoms with Crippen molar-refractivity contribution in [2.75, 3.05) is 26.2 Å². The number of aliphatic imine (C=N–C) groups is 1. The fraction of sp³-hybridized carbons (Fsp3) is 0.816. The first-order valence-electron chi connectivity index (χ1n) is 24.4. The van der Waals surface area contributed by atoms with E-state index < -0.39 is 6.04 Å². The molecular weight excluding hydrogens is 723 g/mol. The number of nitrogens with one attached hydrogen (secondary N) is 3. The fourth-order valence-corrected chi connectivity index (χ4v) is 7.52. The third-order valence-electron chi connectivity index (χ3n) is 11.2. The monoisotopic (exact) mass is 812 g/mol. The van der Waals surface area contributed by atoms with Gasteiger partial charge in [0.25, 0.3) is 0 Å². The van der Waals surface area contributed by atoms with Gasteiger partial charge >= 0.3 is 0 Å². The van der Waals surface area contributed by atoms with E-state index in [0.717, 1.165) is 77.2 Å². The minimum atomic E-state index is -0.842. The van der Waals surface area contributed by atoms with Crippen molar-refractivity contribution in [1.29, 1.82) is 0 Å². The molecule has 334 valence electrons. The summed E-state index contributed by atoms with van der Waals surface area (Å²) in [5.74, 6) is -0.432. The van der Waals surface area contributed by atoms with E-state index in [1.807, 2.05) is 18.0 Å². The first-order valence-corrected chi connectivity index (χ1v) is 24.4. The highest BCUT2D eigenvalue weighted by Gasteiger charge is 2.26. The van der Waals surface area contributed by atoms with E-state index in [1.165, 1.54) is 109 Å². The number of likely N-dealkylation sites (tertiary alicyclic amines) is 1. The molecule has 0 aromatic carbocycles. The van der Waals surface area contributed by atoms with Crippen LogP contribution in [0.1, 0.15) is 220 Å². The van der Waals surface area contributed by atoms with Crippen molar-refractivity contribution in [3.05, 3.63) is 24.3 Å². The van der Waals surface area contributed by atoms with Crippen molar-refractivity contribution >= 4 is 29.8 Å². The van der Waals surface area contributed by atoms with Gasteiger partial charge in [-0.3, -0.25) is 24.2 Å². The van der Waals surface area contributed by atoms with Gasteiger partial charge in [0.15, 0.2) is 0 Å². The molecule has 0 aromatic rings. The molecule has 1 aliphatic heterocycles. The highest BCUT2D eigenvalue weighted by atomic mass is 16.2. The number of unbranched alkanes of at least 4 members (excludes halogenated alkanes) is 22. The maximum absolute atomic E-state index is 13.2. The van der Waals surface area contributed by atoms with Crippen LogP contribution in [-0.4, -0.2) is 73.0 Å². The summed E-state index contributed by atoms with van der Waals surface area (Å²) in [4.78, 5) is 57.4. The number of amides is 4. The second kappa shape index (κ2) is 39.5. The Labute approximate surface area is 356 Å². The molecule has 2 unspecified atom stereocenters. The van der Waals surface area contributed by atoms with Gasteiger partial charge in [0.05, 0.1) is 12.6 Å². The number of nitrogens with zero attached hydrogens (tertiary/aromatic N) is 2. The van der Waals surface area contributed by atoms with Gasteiger partial charge in [0, 0.05) is 45.1 Å². The first-order chi connectivity index (χ1) is 28.4. The summed E-state index contributed by atoms with van der Waals surface area (Å²) in [7, 11) is 0. The molecule has 1 fully saturated rings. The summed E-state index contributed by atoms with van der Waals surface area (Å²) >= 11 is 0. The molecule has 1 rings (SSSR count). The number of carbonyl (C=O) groups excluding carboxylic acids is 4. The maximum atomic E-state index is 13.2. The Bertz CT molecular complexity index is 1120. The van der Waals surface area contributed by atoms with Gasteiger partial charge < -0.3 is 20.9 Å². The standard InChI is InChI=1S/C49H89N5O4/c1-4-7-9-11-13-15-17-19-21-23-25-27-29-31-33-37-46(55)52-43-45(49(58)51-40-39-50-42-44-36-35-41-54(44)48(57)6-3)53-47(56)38-34-32-30-28-26-24-22-20-18-16-14-12-10-8-5-2/h19-22,42,44-45H,4-18,23-41,43H2,1-3H3,(H,51,58)(H,52,55)(H,53,56). The Balaban J connectivity index is 2.37. The average Bonchev–Trinajstić information content (AvgIpc) is 3.70. The Morgan fingerprint density at radius 2 is 1.07 bits per heavy atom. The summed E-state index contributed by atoms with van der Waals surface area (Å²) < 4.78 is 0. The molecule has 3 N–H and O–H groups in total. The van der Waals surface area contributed by atoms with E-state index in [4.69, 9.17) is 0 Å². The second-order valence-corrected chi connectivity index (χ2v) is 16.6. The second-order valence-electron chi connectivity index (χ2n) is 16.6. The van der Waals surface area contributed by atoms with Crippen molar-refractivity contribution < 1.29 is 19.2 Å². The lowest BCUT2D eigenvalue weighted by Gasteiger charge is -2.21. The van der Waals surface area contributed by atoms with Crippen LogP contribution in [0, 0.1) is 0 Å². The summed E-state index contributed by atoms with van der Waals surface area (Å²) in [6, 6.07) is -0.825. The van der Waals surface area contributed by atoms with Gasteiger partial charge in [-0.15, -0.1) is 0 Å². The zero-order valence-corrected chi connectivity index (χ0v) is 37.8. The molecule has 0 saturated carbocycles. The molecule has 0 aromatic heterocycles. The van der Waals surface area contributed by atoms with Gasteiger partial charge in [0.1, 0.15) is 6.04 Å².